The smallest absolute Gasteiger partial charge is 0.186 e. The van der Waals surface area contributed by atoms with E-state index in [2.05, 4.69) is 26.0 Å². The molecule has 5 nitrogen and oxygen atoms in total. The van der Waals surface area contributed by atoms with Gasteiger partial charge in [-0.3, -0.25) is 10.5 Å². The van der Waals surface area contributed by atoms with E-state index in [9.17, 15) is 0 Å². The first-order valence-corrected chi connectivity index (χ1v) is 4.72. The van der Waals surface area contributed by atoms with Gasteiger partial charge in [-0.2, -0.15) is 10.2 Å². The number of H-pyrrole nitrogens is 1. The van der Waals surface area contributed by atoms with E-state index < -0.39 is 0 Å². The maximum absolute atomic E-state index is 4.91. The molecule has 1 rings (SSSR count). The predicted molar refractivity (Wildman–Crippen MR) is 60.3 cm³/mol. The Bertz CT molecular complexity index is 330. The van der Waals surface area contributed by atoms with Crippen LogP contribution in [-0.4, -0.2) is 28.1 Å². The number of hydrazone groups is 1. The van der Waals surface area contributed by atoms with Crippen molar-refractivity contribution in [2.24, 2.45) is 5.10 Å². The second-order valence-corrected chi connectivity index (χ2v) is 3.11. The fourth-order valence-corrected chi connectivity index (χ4v) is 1.06. The summed E-state index contributed by atoms with van der Waals surface area (Å²) in [4.78, 5) is 0. The van der Waals surface area contributed by atoms with Crippen LogP contribution in [0.15, 0.2) is 11.2 Å². The van der Waals surface area contributed by atoms with E-state index in [4.69, 9.17) is 12.2 Å². The zero-order valence-electron chi connectivity index (χ0n) is 8.16. The monoisotopic (exact) mass is 211 g/mol. The molecule has 1 aromatic heterocycles. The van der Waals surface area contributed by atoms with E-state index in [1.54, 1.807) is 6.21 Å². The molecule has 0 fully saturated rings. The number of nitrogens with one attached hydrogen (secondary N) is 3. The lowest BCUT2D eigenvalue weighted by Crippen LogP contribution is -2.31. The first-order chi connectivity index (χ1) is 6.72. The number of thiocarbonyl (C=S) groups is 1. The lowest BCUT2D eigenvalue weighted by molar-refractivity contribution is 0.903. The SMILES string of the molecule is CCNC(=S)N/N=C/c1cc(C)[nH]n1. The highest BCUT2D eigenvalue weighted by molar-refractivity contribution is 7.80. The highest BCUT2D eigenvalue weighted by atomic mass is 32.1. The van der Waals surface area contributed by atoms with Gasteiger partial charge in [0.25, 0.3) is 0 Å². The molecule has 0 unspecified atom stereocenters. The van der Waals surface area contributed by atoms with Gasteiger partial charge in [0.2, 0.25) is 0 Å². The molecule has 0 saturated carbocycles. The minimum absolute atomic E-state index is 0.510. The topological polar surface area (TPSA) is 65.1 Å². The molecule has 6 heteroatoms. The van der Waals surface area contributed by atoms with Gasteiger partial charge in [-0.25, -0.2) is 0 Å². The molecular formula is C8H13N5S. The maximum Gasteiger partial charge on any atom is 0.186 e. The quantitative estimate of drug-likeness (QED) is 0.388. The number of aromatic amines is 1. The Balaban J connectivity index is 2.37. The number of nitrogens with zero attached hydrogens (tertiary/aromatic N) is 2. The lowest BCUT2D eigenvalue weighted by atomic mass is 10.4. The molecule has 1 heterocycles. The largest absolute Gasteiger partial charge is 0.362 e. The Morgan fingerprint density at radius 2 is 2.57 bits per heavy atom. The maximum atomic E-state index is 4.91. The molecule has 1 aromatic rings. The van der Waals surface area contributed by atoms with E-state index in [1.807, 2.05) is 19.9 Å². The van der Waals surface area contributed by atoms with Crippen molar-refractivity contribution in [1.29, 1.82) is 0 Å². The highest BCUT2D eigenvalue weighted by Gasteiger charge is 1.92. The molecular weight excluding hydrogens is 198 g/mol. The highest BCUT2D eigenvalue weighted by Crippen LogP contribution is 1.92. The summed E-state index contributed by atoms with van der Waals surface area (Å²) in [5.74, 6) is 0. The fourth-order valence-electron chi connectivity index (χ4n) is 0.862. The second-order valence-electron chi connectivity index (χ2n) is 2.71. The summed E-state index contributed by atoms with van der Waals surface area (Å²) in [5.41, 5.74) is 4.45. The molecule has 14 heavy (non-hydrogen) atoms. The molecule has 0 atom stereocenters. The summed E-state index contributed by atoms with van der Waals surface area (Å²) >= 11 is 4.91. The van der Waals surface area contributed by atoms with Gasteiger partial charge in [-0.1, -0.05) is 0 Å². The zero-order chi connectivity index (χ0) is 10.4. The minimum atomic E-state index is 0.510. The average molecular weight is 211 g/mol. The van der Waals surface area contributed by atoms with Crippen molar-refractivity contribution in [3.63, 3.8) is 0 Å². The molecule has 0 radical (unpaired) electrons. The molecule has 3 N–H and O–H groups in total. The van der Waals surface area contributed by atoms with Gasteiger partial charge in [-0.15, -0.1) is 0 Å². The van der Waals surface area contributed by atoms with E-state index in [0.29, 0.717) is 5.11 Å². The number of aryl methyl sites for hydroxylation is 1. The minimum Gasteiger partial charge on any atom is -0.362 e. The molecule has 0 aromatic carbocycles. The van der Waals surface area contributed by atoms with Gasteiger partial charge >= 0.3 is 0 Å². The average Bonchev–Trinajstić information content (AvgIpc) is 2.52. The predicted octanol–water partition coefficient (Wildman–Crippen LogP) is 0.536. The molecule has 0 bridgehead atoms. The van der Waals surface area contributed by atoms with Crippen molar-refractivity contribution in [3.05, 3.63) is 17.5 Å². The van der Waals surface area contributed by atoms with Crippen LogP contribution >= 0.6 is 12.2 Å². The van der Waals surface area contributed by atoms with E-state index in [1.165, 1.54) is 0 Å². The molecule has 76 valence electrons. The van der Waals surface area contributed by atoms with Gasteiger partial charge < -0.3 is 5.32 Å². The molecule has 0 spiro atoms. The Morgan fingerprint density at radius 1 is 1.79 bits per heavy atom. The van der Waals surface area contributed by atoms with Crippen LogP contribution in [0.4, 0.5) is 0 Å². The molecule has 0 aliphatic rings. The number of rotatable bonds is 3. The molecule has 0 aliphatic heterocycles. The van der Waals surface area contributed by atoms with Crippen molar-refractivity contribution < 1.29 is 0 Å². The number of hydrogen-bond donors (Lipinski definition) is 3. The first-order valence-electron chi connectivity index (χ1n) is 4.31. The van der Waals surface area contributed by atoms with Gasteiger partial charge in [0.15, 0.2) is 5.11 Å². The van der Waals surface area contributed by atoms with Crippen LogP contribution in [0.25, 0.3) is 0 Å². The van der Waals surface area contributed by atoms with Gasteiger partial charge in [0, 0.05) is 12.2 Å². The Labute approximate surface area is 88.0 Å². The van der Waals surface area contributed by atoms with Crippen molar-refractivity contribution >= 4 is 23.5 Å². The molecule has 0 aliphatic carbocycles. The van der Waals surface area contributed by atoms with Crippen molar-refractivity contribution in [2.75, 3.05) is 6.54 Å². The third-order valence-corrected chi connectivity index (χ3v) is 1.66. The van der Waals surface area contributed by atoms with Crippen molar-refractivity contribution in [3.8, 4) is 0 Å². The summed E-state index contributed by atoms with van der Waals surface area (Å²) in [7, 11) is 0. The van der Waals surface area contributed by atoms with Crippen LogP contribution in [0, 0.1) is 6.92 Å². The summed E-state index contributed by atoms with van der Waals surface area (Å²) in [5, 5.41) is 14.1. The summed E-state index contributed by atoms with van der Waals surface area (Å²) in [6.45, 7) is 4.68. The third-order valence-electron chi connectivity index (χ3n) is 1.43. The first kappa shape index (κ1) is 10.6. The summed E-state index contributed by atoms with van der Waals surface area (Å²) in [6, 6.07) is 1.89. The van der Waals surface area contributed by atoms with Crippen LogP contribution < -0.4 is 10.7 Å². The Morgan fingerprint density at radius 3 is 3.14 bits per heavy atom. The normalized spacial score (nSPS) is 10.4. The standard InChI is InChI=1S/C8H13N5S/c1-3-9-8(14)13-10-5-7-4-6(2)11-12-7/h4-5H,3H2,1-2H3,(H,11,12)(H2,9,13,14)/b10-5+. The van der Waals surface area contributed by atoms with Crippen molar-refractivity contribution in [2.45, 2.75) is 13.8 Å². The molecule has 0 amide bonds. The van der Waals surface area contributed by atoms with Crippen molar-refractivity contribution in [1.82, 2.24) is 20.9 Å². The van der Waals surface area contributed by atoms with Crippen LogP contribution in [0.5, 0.6) is 0 Å². The fraction of sp³-hybridized carbons (Fsp3) is 0.375. The zero-order valence-corrected chi connectivity index (χ0v) is 8.98. The lowest BCUT2D eigenvalue weighted by Gasteiger charge is -2.01. The number of aromatic nitrogens is 2. The molecule has 0 saturated heterocycles. The van der Waals surface area contributed by atoms with Crippen LogP contribution in [0.1, 0.15) is 18.3 Å². The van der Waals surface area contributed by atoms with Crippen LogP contribution in [0.3, 0.4) is 0 Å². The summed E-state index contributed by atoms with van der Waals surface area (Å²) < 4.78 is 0. The van der Waals surface area contributed by atoms with E-state index >= 15 is 0 Å². The van der Waals surface area contributed by atoms with E-state index in [-0.39, 0.29) is 0 Å². The Kier molecular flexibility index (Phi) is 4.06. The second kappa shape index (κ2) is 5.33. The van der Waals surface area contributed by atoms with Crippen LogP contribution in [0.2, 0.25) is 0 Å². The third kappa shape index (κ3) is 3.53. The van der Waals surface area contributed by atoms with Gasteiger partial charge in [0.05, 0.1) is 6.21 Å². The number of hydrogen-bond acceptors (Lipinski definition) is 3. The van der Waals surface area contributed by atoms with Crippen LogP contribution in [-0.2, 0) is 0 Å². The van der Waals surface area contributed by atoms with Gasteiger partial charge in [0.1, 0.15) is 5.69 Å². The van der Waals surface area contributed by atoms with E-state index in [0.717, 1.165) is 17.9 Å². The Hall–Kier alpha value is -1.43. The summed E-state index contributed by atoms with van der Waals surface area (Å²) in [6.07, 6.45) is 1.60. The van der Waals surface area contributed by atoms with Gasteiger partial charge in [-0.05, 0) is 32.1 Å².